The van der Waals surface area contributed by atoms with Crippen LogP contribution in [0.4, 0.5) is 0 Å². The zero-order valence-electron chi connectivity index (χ0n) is 12.2. The van der Waals surface area contributed by atoms with Crippen LogP contribution in [0.2, 0.25) is 0 Å². The van der Waals surface area contributed by atoms with Crippen molar-refractivity contribution in [3.8, 4) is 5.75 Å². The van der Waals surface area contributed by atoms with Crippen molar-refractivity contribution >= 4 is 5.97 Å². The summed E-state index contributed by atoms with van der Waals surface area (Å²) in [7, 11) is 2.08. The zero-order chi connectivity index (χ0) is 14.5. The third-order valence-electron chi connectivity index (χ3n) is 4.10. The fourth-order valence-corrected chi connectivity index (χ4v) is 2.66. The van der Waals surface area contributed by atoms with Gasteiger partial charge in [0.2, 0.25) is 0 Å². The maximum absolute atomic E-state index is 11.5. The Labute approximate surface area is 120 Å². The Balaban J connectivity index is 1.92. The van der Waals surface area contributed by atoms with Gasteiger partial charge < -0.3 is 14.7 Å². The summed E-state index contributed by atoms with van der Waals surface area (Å²) in [4.78, 5) is 13.7. The van der Waals surface area contributed by atoms with Crippen LogP contribution in [0.5, 0.6) is 5.75 Å². The molecule has 2 rings (SSSR count). The minimum Gasteiger partial charge on any atom is -0.493 e. The SMILES string of the molecule is Cc1ccc(OCC(C(=O)O)C2CCN(C)CC2)cc1. The molecule has 4 nitrogen and oxygen atoms in total. The van der Waals surface area contributed by atoms with Crippen LogP contribution in [0.1, 0.15) is 18.4 Å². The summed E-state index contributed by atoms with van der Waals surface area (Å²) in [5.41, 5.74) is 1.17. The number of rotatable bonds is 5. The van der Waals surface area contributed by atoms with Gasteiger partial charge in [-0.05, 0) is 58.0 Å². The average Bonchev–Trinajstić information content (AvgIpc) is 2.43. The summed E-state index contributed by atoms with van der Waals surface area (Å²) in [5.74, 6) is -0.194. The molecule has 0 aliphatic carbocycles. The molecule has 1 atom stereocenters. The molecule has 0 saturated carbocycles. The molecule has 20 heavy (non-hydrogen) atoms. The first kappa shape index (κ1) is 14.9. The fraction of sp³-hybridized carbons (Fsp3) is 0.562. The number of ether oxygens (including phenoxy) is 1. The molecule has 110 valence electrons. The number of aliphatic carboxylic acids is 1. The van der Waals surface area contributed by atoms with Gasteiger partial charge in [0.15, 0.2) is 0 Å². The first-order chi connectivity index (χ1) is 9.56. The third kappa shape index (κ3) is 3.97. The highest BCUT2D eigenvalue weighted by molar-refractivity contribution is 5.70. The summed E-state index contributed by atoms with van der Waals surface area (Å²) >= 11 is 0. The first-order valence-corrected chi connectivity index (χ1v) is 7.17. The predicted octanol–water partition coefficient (Wildman–Crippen LogP) is 2.42. The van der Waals surface area contributed by atoms with E-state index in [1.807, 2.05) is 31.2 Å². The molecule has 1 saturated heterocycles. The Hall–Kier alpha value is -1.55. The minimum atomic E-state index is -0.744. The number of piperidine rings is 1. The molecule has 0 amide bonds. The number of likely N-dealkylation sites (tertiary alicyclic amines) is 1. The number of aryl methyl sites for hydroxylation is 1. The van der Waals surface area contributed by atoms with Crippen molar-refractivity contribution in [2.45, 2.75) is 19.8 Å². The average molecular weight is 277 g/mol. The lowest BCUT2D eigenvalue weighted by atomic mass is 9.85. The molecule has 0 radical (unpaired) electrons. The number of hydrogen-bond acceptors (Lipinski definition) is 3. The second-order valence-corrected chi connectivity index (χ2v) is 5.71. The molecule has 0 aromatic heterocycles. The lowest BCUT2D eigenvalue weighted by molar-refractivity contribution is -0.145. The smallest absolute Gasteiger partial charge is 0.310 e. The van der Waals surface area contributed by atoms with Crippen LogP contribution in [0.15, 0.2) is 24.3 Å². The summed E-state index contributed by atoms with van der Waals surface area (Å²) in [6.07, 6.45) is 1.87. The van der Waals surface area contributed by atoms with Crippen LogP contribution in [-0.2, 0) is 4.79 Å². The van der Waals surface area contributed by atoms with Crippen LogP contribution in [0.25, 0.3) is 0 Å². The van der Waals surface area contributed by atoms with Gasteiger partial charge in [-0.25, -0.2) is 0 Å². The van der Waals surface area contributed by atoms with Crippen LogP contribution in [-0.4, -0.2) is 42.7 Å². The Bertz CT molecular complexity index is 436. The molecule has 1 heterocycles. The molecule has 0 spiro atoms. The Kier molecular flexibility index (Phi) is 5.01. The normalized spacial score (nSPS) is 18.7. The van der Waals surface area contributed by atoms with E-state index in [0.29, 0.717) is 0 Å². The predicted molar refractivity (Wildman–Crippen MR) is 78.0 cm³/mol. The number of carbonyl (C=O) groups is 1. The molecule has 1 aliphatic heterocycles. The highest BCUT2D eigenvalue weighted by Gasteiger charge is 2.31. The van der Waals surface area contributed by atoms with Gasteiger partial charge in [-0.3, -0.25) is 4.79 Å². The Morgan fingerprint density at radius 2 is 1.95 bits per heavy atom. The van der Waals surface area contributed by atoms with Crippen molar-refractivity contribution in [1.29, 1.82) is 0 Å². The number of nitrogens with zero attached hydrogens (tertiary/aromatic N) is 1. The van der Waals surface area contributed by atoms with Gasteiger partial charge in [-0.2, -0.15) is 0 Å². The number of carboxylic acids is 1. The van der Waals surface area contributed by atoms with E-state index in [-0.39, 0.29) is 12.5 Å². The highest BCUT2D eigenvalue weighted by atomic mass is 16.5. The molecule has 1 aliphatic rings. The second-order valence-electron chi connectivity index (χ2n) is 5.71. The van der Waals surface area contributed by atoms with E-state index >= 15 is 0 Å². The highest BCUT2D eigenvalue weighted by Crippen LogP contribution is 2.26. The van der Waals surface area contributed by atoms with Crippen molar-refractivity contribution in [3.05, 3.63) is 29.8 Å². The second kappa shape index (κ2) is 6.75. The lowest BCUT2D eigenvalue weighted by Gasteiger charge is -2.32. The number of carboxylic acid groups (broad SMARTS) is 1. The van der Waals surface area contributed by atoms with E-state index in [9.17, 15) is 9.90 Å². The van der Waals surface area contributed by atoms with Crippen LogP contribution in [0, 0.1) is 18.8 Å². The molecule has 4 heteroatoms. The summed E-state index contributed by atoms with van der Waals surface area (Å²) < 4.78 is 5.67. The monoisotopic (exact) mass is 277 g/mol. The molecule has 1 fully saturated rings. The zero-order valence-corrected chi connectivity index (χ0v) is 12.2. The van der Waals surface area contributed by atoms with E-state index in [0.717, 1.165) is 31.7 Å². The molecular formula is C16H23NO3. The lowest BCUT2D eigenvalue weighted by Crippen LogP contribution is -2.38. The minimum absolute atomic E-state index is 0.217. The van der Waals surface area contributed by atoms with Gasteiger partial charge in [0, 0.05) is 0 Å². The van der Waals surface area contributed by atoms with Gasteiger partial charge in [0.05, 0.1) is 5.92 Å². The van der Waals surface area contributed by atoms with Crippen LogP contribution in [0.3, 0.4) is 0 Å². The number of benzene rings is 1. The molecule has 1 aromatic carbocycles. The molecule has 1 unspecified atom stereocenters. The van der Waals surface area contributed by atoms with Crippen LogP contribution < -0.4 is 4.74 Å². The van der Waals surface area contributed by atoms with Crippen molar-refractivity contribution in [2.24, 2.45) is 11.8 Å². The van der Waals surface area contributed by atoms with Gasteiger partial charge in [-0.15, -0.1) is 0 Å². The maximum Gasteiger partial charge on any atom is 0.310 e. The van der Waals surface area contributed by atoms with Gasteiger partial charge in [-0.1, -0.05) is 17.7 Å². The van der Waals surface area contributed by atoms with E-state index in [1.54, 1.807) is 0 Å². The fourth-order valence-electron chi connectivity index (χ4n) is 2.66. The summed E-state index contributed by atoms with van der Waals surface area (Å²) in [6, 6.07) is 7.73. The third-order valence-corrected chi connectivity index (χ3v) is 4.10. The summed E-state index contributed by atoms with van der Waals surface area (Å²) in [5, 5.41) is 9.42. The van der Waals surface area contributed by atoms with Crippen molar-refractivity contribution in [3.63, 3.8) is 0 Å². The molecule has 1 aromatic rings. The Morgan fingerprint density at radius 1 is 1.35 bits per heavy atom. The standard InChI is InChI=1S/C16H23NO3/c1-12-3-5-14(6-4-12)20-11-15(16(18)19)13-7-9-17(2)10-8-13/h3-6,13,15H,7-11H2,1-2H3,(H,18,19). The molecular weight excluding hydrogens is 254 g/mol. The Morgan fingerprint density at radius 3 is 2.50 bits per heavy atom. The van der Waals surface area contributed by atoms with Crippen molar-refractivity contribution in [2.75, 3.05) is 26.7 Å². The van der Waals surface area contributed by atoms with E-state index in [2.05, 4.69) is 11.9 Å². The van der Waals surface area contributed by atoms with E-state index in [4.69, 9.17) is 4.74 Å². The van der Waals surface area contributed by atoms with Gasteiger partial charge >= 0.3 is 5.97 Å². The van der Waals surface area contributed by atoms with Gasteiger partial charge in [0.25, 0.3) is 0 Å². The molecule has 0 bridgehead atoms. The largest absolute Gasteiger partial charge is 0.493 e. The quantitative estimate of drug-likeness (QED) is 0.898. The van der Waals surface area contributed by atoms with Crippen molar-refractivity contribution in [1.82, 2.24) is 4.90 Å². The van der Waals surface area contributed by atoms with E-state index < -0.39 is 11.9 Å². The first-order valence-electron chi connectivity index (χ1n) is 7.17. The summed E-state index contributed by atoms with van der Waals surface area (Å²) in [6.45, 7) is 4.22. The maximum atomic E-state index is 11.5. The van der Waals surface area contributed by atoms with Crippen LogP contribution >= 0.6 is 0 Å². The van der Waals surface area contributed by atoms with Gasteiger partial charge in [0.1, 0.15) is 12.4 Å². The number of hydrogen-bond donors (Lipinski definition) is 1. The van der Waals surface area contributed by atoms with Crippen molar-refractivity contribution < 1.29 is 14.6 Å². The molecule has 1 N–H and O–H groups in total. The van der Waals surface area contributed by atoms with E-state index in [1.165, 1.54) is 5.56 Å². The topological polar surface area (TPSA) is 49.8 Å².